The normalized spacial score (nSPS) is 24.6. The van der Waals surface area contributed by atoms with Gasteiger partial charge in [-0.3, -0.25) is 9.59 Å². The lowest BCUT2D eigenvalue weighted by molar-refractivity contribution is -0.147. The molecule has 1 saturated carbocycles. The van der Waals surface area contributed by atoms with E-state index in [2.05, 4.69) is 0 Å². The molecule has 1 unspecified atom stereocenters. The second-order valence-electron chi connectivity index (χ2n) is 3.16. The maximum Gasteiger partial charge on any atom is 0.303 e. The van der Waals surface area contributed by atoms with Crippen molar-refractivity contribution in [3.8, 4) is 0 Å². The van der Waals surface area contributed by atoms with E-state index >= 15 is 0 Å². The Bertz CT molecular complexity index is 218. The van der Waals surface area contributed by atoms with Gasteiger partial charge in [0.2, 0.25) is 5.78 Å². The van der Waals surface area contributed by atoms with Crippen LogP contribution in [0, 0.1) is 5.92 Å². The summed E-state index contributed by atoms with van der Waals surface area (Å²) < 4.78 is 24.9. The molecule has 0 bridgehead atoms. The number of halogens is 2. The number of rotatable bonds is 2. The number of Topliss-reactive ketones (excluding diaryl/α,β-unsaturated/α-hetero) is 2. The average Bonchev–Trinajstić information content (AvgIpc) is 2.31. The first kappa shape index (κ1) is 9.29. The molecule has 1 aliphatic carbocycles. The Morgan fingerprint density at radius 1 is 1.58 bits per heavy atom. The van der Waals surface area contributed by atoms with Crippen LogP contribution in [0.2, 0.25) is 0 Å². The summed E-state index contributed by atoms with van der Waals surface area (Å²) in [6.07, 6.45) is 1.12. The van der Waals surface area contributed by atoms with Crippen molar-refractivity contribution in [3.05, 3.63) is 0 Å². The molecule has 0 saturated heterocycles. The molecule has 12 heavy (non-hydrogen) atoms. The summed E-state index contributed by atoms with van der Waals surface area (Å²) in [6.45, 7) is 0.543. The standard InChI is InChI=1S/C8H10F2O2/c1-8(9,10)7(12)5-3-2-4-6(5)11/h5H,2-4H2,1H3. The number of hydrogen-bond donors (Lipinski definition) is 0. The summed E-state index contributed by atoms with van der Waals surface area (Å²) in [4.78, 5) is 21.8. The summed E-state index contributed by atoms with van der Waals surface area (Å²) >= 11 is 0. The van der Waals surface area contributed by atoms with Gasteiger partial charge < -0.3 is 0 Å². The minimum absolute atomic E-state index is 0.270. The first-order valence-corrected chi connectivity index (χ1v) is 3.88. The number of carbonyl (C=O) groups excluding carboxylic acids is 2. The molecular formula is C8H10F2O2. The molecule has 0 amide bonds. The lowest BCUT2D eigenvalue weighted by Gasteiger charge is -2.12. The number of hydrogen-bond acceptors (Lipinski definition) is 2. The number of ketones is 2. The van der Waals surface area contributed by atoms with Crippen LogP contribution in [0.25, 0.3) is 0 Å². The van der Waals surface area contributed by atoms with Gasteiger partial charge in [-0.1, -0.05) is 0 Å². The van der Waals surface area contributed by atoms with Crippen LogP contribution in [0.4, 0.5) is 8.78 Å². The highest BCUT2D eigenvalue weighted by atomic mass is 19.3. The van der Waals surface area contributed by atoms with Crippen molar-refractivity contribution >= 4 is 11.6 Å². The third-order valence-electron chi connectivity index (χ3n) is 2.05. The van der Waals surface area contributed by atoms with E-state index in [1.165, 1.54) is 0 Å². The van der Waals surface area contributed by atoms with Crippen LogP contribution in [-0.2, 0) is 9.59 Å². The third kappa shape index (κ3) is 1.68. The van der Waals surface area contributed by atoms with Crippen molar-refractivity contribution in [2.75, 3.05) is 0 Å². The predicted molar refractivity (Wildman–Crippen MR) is 38.0 cm³/mol. The predicted octanol–water partition coefficient (Wildman–Crippen LogP) is 1.58. The van der Waals surface area contributed by atoms with Gasteiger partial charge >= 0.3 is 5.92 Å². The molecule has 0 heterocycles. The molecule has 1 aliphatic rings. The first-order valence-electron chi connectivity index (χ1n) is 3.88. The van der Waals surface area contributed by atoms with E-state index in [1.54, 1.807) is 0 Å². The molecule has 0 spiro atoms. The van der Waals surface area contributed by atoms with Gasteiger partial charge in [0, 0.05) is 13.3 Å². The number of carbonyl (C=O) groups is 2. The molecule has 0 N–H and O–H groups in total. The summed E-state index contributed by atoms with van der Waals surface area (Å²) in [6, 6.07) is 0. The minimum atomic E-state index is -3.36. The van der Waals surface area contributed by atoms with Crippen LogP contribution >= 0.6 is 0 Å². The average molecular weight is 176 g/mol. The van der Waals surface area contributed by atoms with E-state index in [9.17, 15) is 18.4 Å². The first-order chi connectivity index (χ1) is 5.43. The highest BCUT2D eigenvalue weighted by Crippen LogP contribution is 2.28. The van der Waals surface area contributed by atoms with Gasteiger partial charge in [0.1, 0.15) is 5.78 Å². The largest absolute Gasteiger partial charge is 0.303 e. The molecule has 0 aromatic carbocycles. The molecule has 4 heteroatoms. The van der Waals surface area contributed by atoms with Crippen LogP contribution in [0.3, 0.4) is 0 Å². The lowest BCUT2D eigenvalue weighted by atomic mass is 9.98. The molecule has 0 aromatic rings. The van der Waals surface area contributed by atoms with Crippen molar-refractivity contribution in [1.29, 1.82) is 0 Å². The smallest absolute Gasteiger partial charge is 0.299 e. The molecule has 0 aromatic heterocycles. The summed E-state index contributed by atoms with van der Waals surface area (Å²) in [5.41, 5.74) is 0. The van der Waals surface area contributed by atoms with Crippen molar-refractivity contribution in [2.24, 2.45) is 5.92 Å². The fourth-order valence-corrected chi connectivity index (χ4v) is 1.40. The van der Waals surface area contributed by atoms with E-state index in [0.717, 1.165) is 0 Å². The Morgan fingerprint density at radius 3 is 2.50 bits per heavy atom. The summed E-state index contributed by atoms with van der Waals surface area (Å²) in [7, 11) is 0. The van der Waals surface area contributed by atoms with E-state index in [1.807, 2.05) is 0 Å². The van der Waals surface area contributed by atoms with Gasteiger partial charge in [0.05, 0.1) is 5.92 Å². The second kappa shape index (κ2) is 2.92. The third-order valence-corrected chi connectivity index (χ3v) is 2.05. The van der Waals surface area contributed by atoms with Crippen LogP contribution < -0.4 is 0 Å². The molecule has 0 aliphatic heterocycles. The maximum absolute atomic E-state index is 12.4. The molecule has 1 rings (SSSR count). The van der Waals surface area contributed by atoms with Crippen LogP contribution in [0.5, 0.6) is 0 Å². The topological polar surface area (TPSA) is 34.1 Å². The monoisotopic (exact) mass is 176 g/mol. The van der Waals surface area contributed by atoms with Crippen LogP contribution in [-0.4, -0.2) is 17.5 Å². The summed E-state index contributed by atoms with van der Waals surface area (Å²) in [5, 5.41) is 0. The zero-order valence-corrected chi connectivity index (χ0v) is 6.77. The van der Waals surface area contributed by atoms with E-state index in [-0.39, 0.29) is 12.2 Å². The van der Waals surface area contributed by atoms with Crippen molar-refractivity contribution in [3.63, 3.8) is 0 Å². The molecule has 1 fully saturated rings. The van der Waals surface area contributed by atoms with E-state index in [0.29, 0.717) is 19.8 Å². The molecular weight excluding hydrogens is 166 g/mol. The van der Waals surface area contributed by atoms with E-state index < -0.39 is 17.6 Å². The molecule has 1 atom stereocenters. The fourth-order valence-electron chi connectivity index (χ4n) is 1.40. The number of alkyl halides is 2. The Morgan fingerprint density at radius 2 is 2.17 bits per heavy atom. The lowest BCUT2D eigenvalue weighted by Crippen LogP contribution is -2.33. The zero-order chi connectivity index (χ0) is 9.35. The Labute approximate surface area is 68.9 Å². The molecule has 2 nitrogen and oxygen atoms in total. The second-order valence-corrected chi connectivity index (χ2v) is 3.16. The summed E-state index contributed by atoms with van der Waals surface area (Å²) in [5.74, 6) is -5.94. The maximum atomic E-state index is 12.4. The van der Waals surface area contributed by atoms with Crippen molar-refractivity contribution < 1.29 is 18.4 Å². The molecule has 0 radical (unpaired) electrons. The zero-order valence-electron chi connectivity index (χ0n) is 6.77. The van der Waals surface area contributed by atoms with Crippen LogP contribution in [0.1, 0.15) is 26.2 Å². The SMILES string of the molecule is CC(F)(F)C(=O)C1CCCC1=O. The Hall–Kier alpha value is -0.800. The van der Waals surface area contributed by atoms with Crippen molar-refractivity contribution in [2.45, 2.75) is 32.1 Å². The van der Waals surface area contributed by atoms with Gasteiger partial charge in [-0.25, -0.2) is 0 Å². The van der Waals surface area contributed by atoms with Gasteiger partial charge in [-0.05, 0) is 12.8 Å². The highest BCUT2D eigenvalue weighted by molar-refractivity contribution is 6.06. The van der Waals surface area contributed by atoms with Crippen molar-refractivity contribution in [1.82, 2.24) is 0 Å². The van der Waals surface area contributed by atoms with Gasteiger partial charge in [0.15, 0.2) is 0 Å². The van der Waals surface area contributed by atoms with Crippen LogP contribution in [0.15, 0.2) is 0 Å². The van der Waals surface area contributed by atoms with Gasteiger partial charge in [-0.2, -0.15) is 8.78 Å². The highest BCUT2D eigenvalue weighted by Gasteiger charge is 2.42. The Kier molecular flexibility index (Phi) is 2.26. The quantitative estimate of drug-likeness (QED) is 0.598. The fraction of sp³-hybridized carbons (Fsp3) is 0.750. The minimum Gasteiger partial charge on any atom is -0.299 e. The molecule has 68 valence electrons. The Balaban J connectivity index is 2.71. The van der Waals surface area contributed by atoms with Gasteiger partial charge in [-0.15, -0.1) is 0 Å². The van der Waals surface area contributed by atoms with E-state index in [4.69, 9.17) is 0 Å². The van der Waals surface area contributed by atoms with Gasteiger partial charge in [0.25, 0.3) is 0 Å².